The molecule has 0 saturated heterocycles. The van der Waals surface area contributed by atoms with Gasteiger partial charge in [0.2, 0.25) is 0 Å². The third kappa shape index (κ3) is 2.89. The molecule has 2 atom stereocenters. The molecular weight excluding hydrogens is 219 g/mol. The molecule has 0 saturated carbocycles. The molecule has 0 amide bonds. The lowest BCUT2D eigenvalue weighted by Gasteiger charge is -2.21. The lowest BCUT2D eigenvalue weighted by molar-refractivity contribution is 0.139. The zero-order valence-electron chi connectivity index (χ0n) is 8.37. The molecule has 15 heavy (non-hydrogen) atoms. The molecule has 0 aliphatic carbocycles. The minimum absolute atomic E-state index is 0.0389. The van der Waals surface area contributed by atoms with Gasteiger partial charge in [0.15, 0.2) is 0 Å². The van der Waals surface area contributed by atoms with Crippen molar-refractivity contribution < 1.29 is 9.50 Å². The quantitative estimate of drug-likeness (QED) is 0.728. The van der Waals surface area contributed by atoms with Gasteiger partial charge in [-0.2, -0.15) is 0 Å². The molecule has 0 heterocycles. The van der Waals surface area contributed by atoms with Gasteiger partial charge in [-0.15, -0.1) is 0 Å². The van der Waals surface area contributed by atoms with Gasteiger partial charge in [0.05, 0.1) is 17.2 Å². The summed E-state index contributed by atoms with van der Waals surface area (Å²) in [5, 5.41) is 12.6. The molecule has 0 radical (unpaired) electrons. The first kappa shape index (κ1) is 12.4. The maximum Gasteiger partial charge on any atom is 0.141 e. The van der Waals surface area contributed by atoms with E-state index in [0.717, 1.165) is 0 Å². The highest BCUT2D eigenvalue weighted by atomic mass is 35.5. The van der Waals surface area contributed by atoms with E-state index >= 15 is 0 Å². The standard InChI is InChI=1S/C10H14ClFN2O/c1-14-10(9(15)5-13)6-2-3-8(12)7(11)4-6/h2-4,9-10,14-15H,5,13H2,1H3. The van der Waals surface area contributed by atoms with Crippen LogP contribution in [0.15, 0.2) is 18.2 Å². The van der Waals surface area contributed by atoms with Gasteiger partial charge in [0.1, 0.15) is 5.82 Å². The molecule has 1 rings (SSSR count). The number of halogens is 2. The number of hydrogen-bond donors (Lipinski definition) is 3. The van der Waals surface area contributed by atoms with Crippen LogP contribution in [0.5, 0.6) is 0 Å². The Kier molecular flexibility index (Phi) is 4.47. The number of nitrogens with two attached hydrogens (primary N) is 1. The van der Waals surface area contributed by atoms with Gasteiger partial charge in [-0.3, -0.25) is 0 Å². The third-order valence-corrected chi connectivity index (χ3v) is 2.53. The van der Waals surface area contributed by atoms with E-state index in [-0.39, 0.29) is 17.6 Å². The Morgan fingerprint density at radius 3 is 2.73 bits per heavy atom. The van der Waals surface area contributed by atoms with Gasteiger partial charge in [0.25, 0.3) is 0 Å². The Hall–Kier alpha value is -0.680. The van der Waals surface area contributed by atoms with Crippen LogP contribution in [0.1, 0.15) is 11.6 Å². The zero-order valence-corrected chi connectivity index (χ0v) is 9.13. The topological polar surface area (TPSA) is 58.3 Å². The van der Waals surface area contributed by atoms with Crippen molar-refractivity contribution in [2.45, 2.75) is 12.1 Å². The molecule has 3 nitrogen and oxygen atoms in total. The largest absolute Gasteiger partial charge is 0.390 e. The molecule has 84 valence electrons. The SMILES string of the molecule is CNC(c1ccc(F)c(Cl)c1)C(O)CN. The lowest BCUT2D eigenvalue weighted by Crippen LogP contribution is -2.34. The van der Waals surface area contributed by atoms with Crippen LogP contribution in [-0.4, -0.2) is 24.8 Å². The smallest absolute Gasteiger partial charge is 0.141 e. The average Bonchev–Trinajstić information content (AvgIpc) is 2.24. The second kappa shape index (κ2) is 5.42. The first-order chi connectivity index (χ1) is 7.10. The summed E-state index contributed by atoms with van der Waals surface area (Å²) >= 11 is 5.65. The summed E-state index contributed by atoms with van der Waals surface area (Å²) in [5.74, 6) is -0.475. The molecule has 1 aromatic rings. The normalized spacial score (nSPS) is 15.0. The van der Waals surface area contributed by atoms with E-state index in [4.69, 9.17) is 17.3 Å². The molecular formula is C10H14ClFN2O. The molecule has 0 bridgehead atoms. The van der Waals surface area contributed by atoms with E-state index in [1.807, 2.05) is 0 Å². The number of aliphatic hydroxyl groups excluding tert-OH is 1. The Labute approximate surface area is 93.0 Å². The van der Waals surface area contributed by atoms with Crippen LogP contribution in [0.3, 0.4) is 0 Å². The molecule has 2 unspecified atom stereocenters. The van der Waals surface area contributed by atoms with Crippen LogP contribution in [0.25, 0.3) is 0 Å². The van der Waals surface area contributed by atoms with Gasteiger partial charge in [-0.05, 0) is 24.7 Å². The average molecular weight is 233 g/mol. The molecule has 0 aliphatic rings. The summed E-state index contributed by atoms with van der Waals surface area (Å²) < 4.78 is 12.9. The molecule has 5 heteroatoms. The Bertz CT molecular complexity index is 335. The number of aliphatic hydroxyl groups is 1. The molecule has 0 fully saturated rings. The second-order valence-electron chi connectivity index (χ2n) is 3.24. The summed E-state index contributed by atoms with van der Waals surface area (Å²) in [6, 6.07) is 3.98. The summed E-state index contributed by atoms with van der Waals surface area (Å²) in [5.41, 5.74) is 6.07. The van der Waals surface area contributed by atoms with E-state index in [0.29, 0.717) is 5.56 Å². The van der Waals surface area contributed by atoms with Crippen LogP contribution in [0, 0.1) is 5.82 Å². The number of hydrogen-bond acceptors (Lipinski definition) is 3. The fourth-order valence-corrected chi connectivity index (χ4v) is 1.61. The van der Waals surface area contributed by atoms with Gasteiger partial charge in [-0.1, -0.05) is 17.7 Å². The van der Waals surface area contributed by atoms with Crippen LogP contribution in [-0.2, 0) is 0 Å². The monoisotopic (exact) mass is 232 g/mol. The van der Waals surface area contributed by atoms with Crippen molar-refractivity contribution >= 4 is 11.6 Å². The fraction of sp³-hybridized carbons (Fsp3) is 0.400. The predicted molar refractivity (Wildman–Crippen MR) is 58.3 cm³/mol. The molecule has 0 aliphatic heterocycles. The summed E-state index contributed by atoms with van der Waals surface area (Å²) in [4.78, 5) is 0. The first-order valence-electron chi connectivity index (χ1n) is 4.60. The van der Waals surface area contributed by atoms with Crippen molar-refractivity contribution in [1.82, 2.24) is 5.32 Å². The summed E-state index contributed by atoms with van der Waals surface area (Å²) in [6.07, 6.45) is -0.725. The number of rotatable bonds is 4. The van der Waals surface area contributed by atoms with Crippen LogP contribution < -0.4 is 11.1 Å². The van der Waals surface area contributed by atoms with Crippen molar-refractivity contribution in [3.05, 3.63) is 34.6 Å². The van der Waals surface area contributed by atoms with Gasteiger partial charge in [0, 0.05) is 6.54 Å². The third-order valence-electron chi connectivity index (χ3n) is 2.24. The highest BCUT2D eigenvalue weighted by Gasteiger charge is 2.18. The van der Waals surface area contributed by atoms with Crippen molar-refractivity contribution in [2.24, 2.45) is 5.73 Å². The second-order valence-corrected chi connectivity index (χ2v) is 3.65. The van der Waals surface area contributed by atoms with E-state index in [2.05, 4.69) is 5.32 Å². The van der Waals surface area contributed by atoms with E-state index in [1.54, 1.807) is 13.1 Å². The summed E-state index contributed by atoms with van der Waals surface area (Å²) in [6.45, 7) is 0.125. The number of benzene rings is 1. The minimum Gasteiger partial charge on any atom is -0.390 e. The van der Waals surface area contributed by atoms with Crippen molar-refractivity contribution in [1.29, 1.82) is 0 Å². The fourth-order valence-electron chi connectivity index (χ4n) is 1.42. The summed E-state index contributed by atoms with van der Waals surface area (Å²) in [7, 11) is 1.70. The van der Waals surface area contributed by atoms with Gasteiger partial charge in [-0.25, -0.2) is 4.39 Å². The van der Waals surface area contributed by atoms with E-state index < -0.39 is 11.9 Å². The predicted octanol–water partition coefficient (Wildman–Crippen LogP) is 1.06. The van der Waals surface area contributed by atoms with Gasteiger partial charge >= 0.3 is 0 Å². The van der Waals surface area contributed by atoms with Crippen molar-refractivity contribution in [3.8, 4) is 0 Å². The number of likely N-dealkylation sites (N-methyl/N-ethyl adjacent to an activating group) is 1. The Morgan fingerprint density at radius 1 is 1.60 bits per heavy atom. The molecule has 0 aromatic heterocycles. The first-order valence-corrected chi connectivity index (χ1v) is 4.98. The van der Waals surface area contributed by atoms with Crippen LogP contribution in [0.2, 0.25) is 5.02 Å². The zero-order chi connectivity index (χ0) is 11.4. The van der Waals surface area contributed by atoms with E-state index in [1.165, 1.54) is 12.1 Å². The molecule has 0 spiro atoms. The Morgan fingerprint density at radius 2 is 2.27 bits per heavy atom. The number of nitrogens with one attached hydrogen (secondary N) is 1. The Balaban J connectivity index is 2.97. The minimum atomic E-state index is -0.725. The lowest BCUT2D eigenvalue weighted by atomic mass is 10.0. The highest BCUT2D eigenvalue weighted by Crippen LogP contribution is 2.22. The highest BCUT2D eigenvalue weighted by molar-refractivity contribution is 6.30. The van der Waals surface area contributed by atoms with Crippen molar-refractivity contribution in [2.75, 3.05) is 13.6 Å². The molecule has 4 N–H and O–H groups in total. The maximum absolute atomic E-state index is 12.9. The molecule has 1 aromatic carbocycles. The maximum atomic E-state index is 12.9. The van der Waals surface area contributed by atoms with Crippen LogP contribution in [0.4, 0.5) is 4.39 Å². The van der Waals surface area contributed by atoms with E-state index in [9.17, 15) is 9.50 Å². The van der Waals surface area contributed by atoms with Crippen LogP contribution >= 0.6 is 11.6 Å². The van der Waals surface area contributed by atoms with Gasteiger partial charge < -0.3 is 16.2 Å². The van der Waals surface area contributed by atoms with Crippen molar-refractivity contribution in [3.63, 3.8) is 0 Å².